The zero-order chi connectivity index (χ0) is 17.1. The Labute approximate surface area is 140 Å². The first-order valence-corrected chi connectivity index (χ1v) is 7.77. The fourth-order valence-corrected chi connectivity index (χ4v) is 3.01. The van der Waals surface area contributed by atoms with Gasteiger partial charge in [0.05, 0.1) is 24.8 Å². The summed E-state index contributed by atoms with van der Waals surface area (Å²) in [6.07, 6.45) is 3.74. The van der Waals surface area contributed by atoms with E-state index in [0.717, 1.165) is 12.1 Å². The highest BCUT2D eigenvalue weighted by molar-refractivity contribution is 5.96. The molecule has 7 heteroatoms. The van der Waals surface area contributed by atoms with Crippen LogP contribution in [0.2, 0.25) is 0 Å². The van der Waals surface area contributed by atoms with Crippen molar-refractivity contribution in [3.05, 3.63) is 47.8 Å². The van der Waals surface area contributed by atoms with Crippen LogP contribution in [-0.4, -0.2) is 41.9 Å². The Morgan fingerprint density at radius 2 is 2.21 bits per heavy atom. The van der Waals surface area contributed by atoms with Crippen LogP contribution in [0.15, 0.2) is 36.7 Å². The molecule has 1 aromatic carbocycles. The number of carbonyl (C=O) groups excluding carboxylic acids is 2. The molecule has 2 N–H and O–H groups in total. The molecule has 0 unspecified atom stereocenters. The van der Waals surface area contributed by atoms with Gasteiger partial charge >= 0.3 is 5.97 Å². The zero-order valence-corrected chi connectivity index (χ0v) is 13.7. The number of esters is 1. The molecule has 0 radical (unpaired) electrons. The number of aryl methyl sites for hydroxylation is 1. The summed E-state index contributed by atoms with van der Waals surface area (Å²) in [5, 5.41) is 10.3. The molecular weight excluding hydrogens is 308 g/mol. The molecule has 1 aliphatic rings. The number of nitrogens with zero attached hydrogens (tertiary/aromatic N) is 2. The van der Waals surface area contributed by atoms with Gasteiger partial charge in [0.25, 0.3) is 0 Å². The highest BCUT2D eigenvalue weighted by atomic mass is 16.5. The predicted molar refractivity (Wildman–Crippen MR) is 88.7 cm³/mol. The van der Waals surface area contributed by atoms with Crippen LogP contribution in [0.5, 0.6) is 0 Å². The largest absolute Gasteiger partial charge is 0.465 e. The van der Waals surface area contributed by atoms with Gasteiger partial charge in [-0.05, 0) is 23.8 Å². The molecule has 2 aromatic rings. The molecule has 126 valence electrons. The maximum absolute atomic E-state index is 12.7. The highest BCUT2D eigenvalue weighted by Gasteiger charge is 2.34. The molecule has 2 heterocycles. The molecule has 0 saturated carbocycles. The molecule has 2 atom stereocenters. The Bertz CT molecular complexity index is 756. The summed E-state index contributed by atoms with van der Waals surface area (Å²) in [5.41, 5.74) is 2.04. The lowest BCUT2D eigenvalue weighted by atomic mass is 9.90. The van der Waals surface area contributed by atoms with Crippen molar-refractivity contribution in [1.82, 2.24) is 15.1 Å². The van der Waals surface area contributed by atoms with Crippen molar-refractivity contribution in [3.63, 3.8) is 0 Å². The van der Waals surface area contributed by atoms with Gasteiger partial charge in [-0.3, -0.25) is 9.48 Å². The minimum absolute atomic E-state index is 0.0733. The van der Waals surface area contributed by atoms with Crippen molar-refractivity contribution in [1.29, 1.82) is 0 Å². The summed E-state index contributed by atoms with van der Waals surface area (Å²) in [4.78, 5) is 24.3. The SMILES string of the molecule is COC(=O)c1cccc(NC(=O)[C@H]2CNC[C@@H]2c2cnn(C)c2)c1. The standard InChI is InChI=1S/C17H20N4O3/c1-21-10-12(7-19-21)14-8-18-9-15(14)16(22)20-13-5-3-4-11(6-13)17(23)24-2/h3-7,10,14-15,18H,8-9H2,1-2H3,(H,20,22)/t14-,15+/m1/s1. The number of hydrogen-bond donors (Lipinski definition) is 2. The van der Waals surface area contributed by atoms with Crippen molar-refractivity contribution in [3.8, 4) is 0 Å². The molecule has 1 aromatic heterocycles. The topological polar surface area (TPSA) is 85.2 Å². The maximum atomic E-state index is 12.7. The highest BCUT2D eigenvalue weighted by Crippen LogP contribution is 2.29. The van der Waals surface area contributed by atoms with Crippen molar-refractivity contribution < 1.29 is 14.3 Å². The van der Waals surface area contributed by atoms with Gasteiger partial charge in [-0.2, -0.15) is 5.10 Å². The van der Waals surface area contributed by atoms with Gasteiger partial charge in [-0.15, -0.1) is 0 Å². The minimum atomic E-state index is -0.429. The van der Waals surface area contributed by atoms with Crippen LogP contribution in [0.3, 0.4) is 0 Å². The average molecular weight is 328 g/mol. The summed E-state index contributed by atoms with van der Waals surface area (Å²) in [6, 6.07) is 6.74. The van der Waals surface area contributed by atoms with Crippen molar-refractivity contribution in [2.75, 3.05) is 25.5 Å². The Morgan fingerprint density at radius 1 is 1.38 bits per heavy atom. The quantitative estimate of drug-likeness (QED) is 0.823. The molecule has 1 fully saturated rings. The van der Waals surface area contributed by atoms with Crippen LogP contribution in [0.4, 0.5) is 5.69 Å². The van der Waals surface area contributed by atoms with Gasteiger partial charge in [0.2, 0.25) is 5.91 Å². The smallest absolute Gasteiger partial charge is 0.337 e. The third kappa shape index (κ3) is 3.30. The van der Waals surface area contributed by atoms with Crippen LogP contribution in [-0.2, 0) is 16.6 Å². The number of hydrogen-bond acceptors (Lipinski definition) is 5. The van der Waals surface area contributed by atoms with Crippen LogP contribution in [0, 0.1) is 5.92 Å². The normalized spacial score (nSPS) is 19.9. The van der Waals surface area contributed by atoms with Crippen LogP contribution < -0.4 is 10.6 Å². The number of nitrogens with one attached hydrogen (secondary N) is 2. The van der Waals surface area contributed by atoms with Gasteiger partial charge in [-0.1, -0.05) is 6.07 Å². The maximum Gasteiger partial charge on any atom is 0.337 e. The van der Waals surface area contributed by atoms with E-state index in [4.69, 9.17) is 4.74 Å². The first-order chi connectivity index (χ1) is 11.6. The summed E-state index contributed by atoms with van der Waals surface area (Å²) in [6.45, 7) is 1.36. The number of rotatable bonds is 4. The van der Waals surface area contributed by atoms with E-state index in [9.17, 15) is 9.59 Å². The lowest BCUT2D eigenvalue weighted by Gasteiger charge is -2.17. The van der Waals surface area contributed by atoms with Gasteiger partial charge in [0.1, 0.15) is 0 Å². The number of aromatic nitrogens is 2. The van der Waals surface area contributed by atoms with E-state index >= 15 is 0 Å². The molecule has 3 rings (SSSR count). The first kappa shape index (κ1) is 16.2. The molecular formula is C17H20N4O3. The fraction of sp³-hybridized carbons (Fsp3) is 0.353. The number of amides is 1. The number of carbonyl (C=O) groups is 2. The van der Waals surface area contributed by atoms with E-state index < -0.39 is 5.97 Å². The lowest BCUT2D eigenvalue weighted by molar-refractivity contribution is -0.119. The summed E-state index contributed by atoms with van der Waals surface area (Å²) in [5.74, 6) is -0.601. The Kier molecular flexibility index (Phi) is 4.61. The van der Waals surface area contributed by atoms with E-state index in [-0.39, 0.29) is 17.7 Å². The summed E-state index contributed by atoms with van der Waals surface area (Å²) >= 11 is 0. The first-order valence-electron chi connectivity index (χ1n) is 7.77. The second kappa shape index (κ2) is 6.84. The van der Waals surface area contributed by atoms with Crippen molar-refractivity contribution in [2.24, 2.45) is 13.0 Å². The molecule has 1 aliphatic heterocycles. The summed E-state index contributed by atoms with van der Waals surface area (Å²) in [7, 11) is 3.19. The lowest BCUT2D eigenvalue weighted by Crippen LogP contribution is -2.28. The predicted octanol–water partition coefficient (Wildman–Crippen LogP) is 1.15. The number of benzene rings is 1. The third-order valence-electron chi connectivity index (χ3n) is 4.26. The minimum Gasteiger partial charge on any atom is -0.465 e. The molecule has 1 amide bonds. The van der Waals surface area contributed by atoms with Gasteiger partial charge in [-0.25, -0.2) is 4.79 Å². The van der Waals surface area contributed by atoms with Gasteiger partial charge in [0, 0.05) is 37.9 Å². The average Bonchev–Trinajstić information content (AvgIpc) is 3.22. The van der Waals surface area contributed by atoms with Crippen molar-refractivity contribution in [2.45, 2.75) is 5.92 Å². The van der Waals surface area contributed by atoms with E-state index in [1.54, 1.807) is 35.1 Å². The van der Waals surface area contributed by atoms with E-state index in [2.05, 4.69) is 15.7 Å². The Morgan fingerprint density at radius 3 is 2.92 bits per heavy atom. The van der Waals surface area contributed by atoms with Crippen molar-refractivity contribution >= 4 is 17.6 Å². The molecule has 1 saturated heterocycles. The monoisotopic (exact) mass is 328 g/mol. The Hall–Kier alpha value is -2.67. The fourth-order valence-electron chi connectivity index (χ4n) is 3.01. The molecule has 0 spiro atoms. The Balaban J connectivity index is 1.73. The molecule has 0 aliphatic carbocycles. The van der Waals surface area contributed by atoms with Crippen LogP contribution >= 0.6 is 0 Å². The van der Waals surface area contributed by atoms with E-state index in [0.29, 0.717) is 17.8 Å². The number of methoxy groups -OCH3 is 1. The second-order valence-electron chi connectivity index (χ2n) is 5.88. The van der Waals surface area contributed by atoms with E-state index in [1.807, 2.05) is 13.2 Å². The van der Waals surface area contributed by atoms with Crippen LogP contribution in [0.25, 0.3) is 0 Å². The van der Waals surface area contributed by atoms with Crippen LogP contribution in [0.1, 0.15) is 21.8 Å². The molecule has 24 heavy (non-hydrogen) atoms. The number of ether oxygens (including phenoxy) is 1. The third-order valence-corrected chi connectivity index (χ3v) is 4.26. The molecule has 0 bridgehead atoms. The van der Waals surface area contributed by atoms with E-state index in [1.165, 1.54) is 7.11 Å². The van der Waals surface area contributed by atoms with Gasteiger partial charge < -0.3 is 15.4 Å². The second-order valence-corrected chi connectivity index (χ2v) is 5.88. The zero-order valence-electron chi connectivity index (χ0n) is 13.7. The summed E-state index contributed by atoms with van der Waals surface area (Å²) < 4.78 is 6.44. The number of anilines is 1. The molecule has 7 nitrogen and oxygen atoms in total. The van der Waals surface area contributed by atoms with Gasteiger partial charge in [0.15, 0.2) is 0 Å².